The maximum Gasteiger partial charge on any atom is 0.410 e. The van der Waals surface area contributed by atoms with Crippen LogP contribution in [0.3, 0.4) is 0 Å². The van der Waals surface area contributed by atoms with E-state index < -0.39 is 11.7 Å². The lowest BCUT2D eigenvalue weighted by molar-refractivity contribution is 0.0204. The third-order valence-electron chi connectivity index (χ3n) is 4.03. The van der Waals surface area contributed by atoms with E-state index in [-0.39, 0.29) is 18.0 Å². The van der Waals surface area contributed by atoms with Crippen LogP contribution in [0.4, 0.5) is 4.79 Å². The fourth-order valence-corrected chi connectivity index (χ4v) is 3.28. The highest BCUT2D eigenvalue weighted by Gasteiger charge is 2.38. The highest BCUT2D eigenvalue weighted by molar-refractivity contribution is 9.10. The maximum atomic E-state index is 12.6. The molecule has 0 unspecified atom stereocenters. The summed E-state index contributed by atoms with van der Waals surface area (Å²) < 4.78 is 6.26. The summed E-state index contributed by atoms with van der Waals surface area (Å²) in [5.74, 6) is 5.59. The molecule has 1 aliphatic rings. The summed E-state index contributed by atoms with van der Waals surface area (Å²) >= 11 is 3.33. The number of pyridine rings is 1. The van der Waals surface area contributed by atoms with Crippen LogP contribution in [0.2, 0.25) is 0 Å². The van der Waals surface area contributed by atoms with Crippen LogP contribution in [0.15, 0.2) is 35.2 Å². The number of carbonyl (C=O) groups excluding carboxylic acids is 2. The van der Waals surface area contributed by atoms with Crippen molar-refractivity contribution in [2.24, 2.45) is 11.6 Å². The molecule has 0 saturated carbocycles. The second kappa shape index (κ2) is 9.24. The Morgan fingerprint density at radius 2 is 2.21 bits per heavy atom. The lowest BCUT2D eigenvalue weighted by atomic mass is 10.1. The Labute approximate surface area is 173 Å². The van der Waals surface area contributed by atoms with Crippen molar-refractivity contribution in [2.45, 2.75) is 44.9 Å². The summed E-state index contributed by atoms with van der Waals surface area (Å²) in [5, 5.41) is 4.34. The molecule has 0 aromatic carbocycles. The van der Waals surface area contributed by atoms with Crippen molar-refractivity contribution in [3.63, 3.8) is 0 Å². The average molecular weight is 455 g/mol. The molecule has 2 amide bonds. The molecule has 2 rings (SSSR count). The number of halogens is 1. The number of aromatic nitrogens is 1. The number of ether oxygens (including phenoxy) is 1. The quantitative estimate of drug-likeness (QED) is 0.454. The fourth-order valence-electron chi connectivity index (χ4n) is 2.94. The van der Waals surface area contributed by atoms with Crippen molar-refractivity contribution >= 4 is 27.9 Å². The van der Waals surface area contributed by atoms with Crippen molar-refractivity contribution < 1.29 is 14.3 Å². The molecule has 1 fully saturated rings. The zero-order chi connectivity index (χ0) is 20.9. The summed E-state index contributed by atoms with van der Waals surface area (Å²) in [7, 11) is 0. The molecule has 1 aliphatic heterocycles. The Hall–Kier alpha value is -2.33. The fraction of sp³-hybridized carbons (Fsp3) is 0.500. The monoisotopic (exact) mass is 454 g/mol. The second-order valence-electron chi connectivity index (χ2n) is 7.59. The van der Waals surface area contributed by atoms with E-state index in [0.29, 0.717) is 25.2 Å². The van der Waals surface area contributed by atoms with Gasteiger partial charge in [0.2, 0.25) is 0 Å². The third kappa shape index (κ3) is 6.38. The number of likely N-dealkylation sites (tertiary alicyclic amines) is 1. The number of nitrogens with two attached hydrogens (primary N) is 2. The standard InChI is InChI=1S/C18H27BrN6O3/c1-18(2,3)28-17(27)25-10-13(9-14(25)11-24(21)7-5-20)23-16(26)15-8-12(19)4-6-22-15/h4-8,13-14H,9-11,20-21H2,1-3H3,(H,23,26)/b7-5-/t13-,14+/m1/s1. The Morgan fingerprint density at radius 1 is 1.50 bits per heavy atom. The van der Waals surface area contributed by atoms with Crippen LogP contribution < -0.4 is 16.9 Å². The molecule has 1 aromatic heterocycles. The Balaban J connectivity index is 2.10. The highest BCUT2D eigenvalue weighted by Crippen LogP contribution is 2.22. The van der Waals surface area contributed by atoms with Crippen LogP contribution in [-0.2, 0) is 4.74 Å². The Bertz CT molecular complexity index is 736. The number of hydrogen-bond acceptors (Lipinski definition) is 7. The SMILES string of the molecule is CC(C)(C)OC(=O)N1C[C@H](NC(=O)c2cc(Br)ccn2)C[C@H]1CN(N)/C=C\N. The molecule has 5 N–H and O–H groups in total. The van der Waals surface area contributed by atoms with E-state index in [9.17, 15) is 9.59 Å². The molecule has 1 saturated heterocycles. The van der Waals surface area contributed by atoms with Gasteiger partial charge < -0.3 is 25.7 Å². The predicted molar refractivity (Wildman–Crippen MR) is 109 cm³/mol. The average Bonchev–Trinajstić information content (AvgIpc) is 2.95. The second-order valence-corrected chi connectivity index (χ2v) is 8.51. The van der Waals surface area contributed by atoms with Gasteiger partial charge in [-0.25, -0.2) is 10.6 Å². The van der Waals surface area contributed by atoms with Crippen LogP contribution in [-0.4, -0.2) is 57.7 Å². The number of hydrazine groups is 1. The third-order valence-corrected chi connectivity index (χ3v) is 4.52. The van der Waals surface area contributed by atoms with E-state index in [2.05, 4.69) is 26.2 Å². The van der Waals surface area contributed by atoms with Gasteiger partial charge >= 0.3 is 6.09 Å². The van der Waals surface area contributed by atoms with Gasteiger partial charge in [-0.15, -0.1) is 0 Å². The normalized spacial score (nSPS) is 19.7. The van der Waals surface area contributed by atoms with Crippen LogP contribution in [0, 0.1) is 0 Å². The molecule has 28 heavy (non-hydrogen) atoms. The Morgan fingerprint density at radius 3 is 2.82 bits per heavy atom. The summed E-state index contributed by atoms with van der Waals surface area (Å²) in [6.45, 7) is 6.09. The molecule has 10 heteroatoms. The van der Waals surface area contributed by atoms with E-state index in [4.69, 9.17) is 16.3 Å². The van der Waals surface area contributed by atoms with Crippen molar-refractivity contribution in [3.8, 4) is 0 Å². The van der Waals surface area contributed by atoms with E-state index in [1.807, 2.05) is 0 Å². The molecule has 0 bridgehead atoms. The van der Waals surface area contributed by atoms with Gasteiger partial charge in [0.05, 0.1) is 12.6 Å². The van der Waals surface area contributed by atoms with Crippen molar-refractivity contribution in [1.82, 2.24) is 20.2 Å². The number of nitrogens with one attached hydrogen (secondary N) is 1. The largest absolute Gasteiger partial charge is 0.444 e. The molecule has 0 spiro atoms. The smallest absolute Gasteiger partial charge is 0.410 e. The number of carbonyl (C=O) groups is 2. The molecule has 9 nitrogen and oxygen atoms in total. The van der Waals surface area contributed by atoms with E-state index in [0.717, 1.165) is 4.47 Å². The van der Waals surface area contributed by atoms with Gasteiger partial charge in [-0.2, -0.15) is 0 Å². The van der Waals surface area contributed by atoms with Gasteiger partial charge in [0.1, 0.15) is 11.3 Å². The zero-order valence-electron chi connectivity index (χ0n) is 16.3. The van der Waals surface area contributed by atoms with Crippen LogP contribution in [0.5, 0.6) is 0 Å². The molecular weight excluding hydrogens is 428 g/mol. The first-order valence-electron chi connectivity index (χ1n) is 8.91. The predicted octanol–water partition coefficient (Wildman–Crippen LogP) is 1.56. The highest BCUT2D eigenvalue weighted by atomic mass is 79.9. The lowest BCUT2D eigenvalue weighted by Gasteiger charge is -2.30. The van der Waals surface area contributed by atoms with Crippen molar-refractivity contribution in [2.75, 3.05) is 13.1 Å². The first-order chi connectivity index (χ1) is 13.1. The molecule has 1 aromatic rings. The number of nitrogens with zero attached hydrogens (tertiary/aromatic N) is 3. The van der Waals surface area contributed by atoms with Crippen molar-refractivity contribution in [3.05, 3.63) is 40.9 Å². The molecule has 0 radical (unpaired) electrons. The first-order valence-corrected chi connectivity index (χ1v) is 9.70. The van der Waals surface area contributed by atoms with Crippen LogP contribution >= 0.6 is 15.9 Å². The van der Waals surface area contributed by atoms with Crippen LogP contribution in [0.25, 0.3) is 0 Å². The number of hydrogen-bond donors (Lipinski definition) is 3. The Kier molecular flexibility index (Phi) is 7.25. The number of amides is 2. The molecule has 2 atom stereocenters. The minimum atomic E-state index is -0.622. The topological polar surface area (TPSA) is 127 Å². The van der Waals surface area contributed by atoms with Crippen molar-refractivity contribution in [1.29, 1.82) is 0 Å². The zero-order valence-corrected chi connectivity index (χ0v) is 17.8. The lowest BCUT2D eigenvalue weighted by Crippen LogP contribution is -2.46. The minimum Gasteiger partial charge on any atom is -0.444 e. The first kappa shape index (κ1) is 22.0. The van der Waals surface area contributed by atoms with Gasteiger partial charge in [0, 0.05) is 35.7 Å². The molecule has 2 heterocycles. The van der Waals surface area contributed by atoms with Crippen LogP contribution in [0.1, 0.15) is 37.7 Å². The maximum absolute atomic E-state index is 12.6. The van der Waals surface area contributed by atoms with Gasteiger partial charge in [-0.1, -0.05) is 15.9 Å². The van der Waals surface area contributed by atoms with E-state index in [1.54, 1.807) is 44.0 Å². The molecular formula is C18H27BrN6O3. The molecule has 0 aliphatic carbocycles. The summed E-state index contributed by atoms with van der Waals surface area (Å²) in [4.78, 5) is 30.8. The summed E-state index contributed by atoms with van der Waals surface area (Å²) in [6.07, 6.45) is 4.48. The summed E-state index contributed by atoms with van der Waals surface area (Å²) in [5.41, 5.74) is 5.05. The summed E-state index contributed by atoms with van der Waals surface area (Å²) in [6, 6.07) is 2.90. The number of rotatable bonds is 5. The van der Waals surface area contributed by atoms with E-state index >= 15 is 0 Å². The van der Waals surface area contributed by atoms with Gasteiger partial charge in [-0.05, 0) is 39.3 Å². The molecule has 154 valence electrons. The minimum absolute atomic E-state index is 0.239. The van der Waals surface area contributed by atoms with Gasteiger partial charge in [0.25, 0.3) is 5.91 Å². The van der Waals surface area contributed by atoms with Gasteiger partial charge in [-0.3, -0.25) is 9.78 Å². The van der Waals surface area contributed by atoms with E-state index in [1.165, 1.54) is 17.4 Å². The van der Waals surface area contributed by atoms with Gasteiger partial charge in [0.15, 0.2) is 0 Å².